The minimum Gasteiger partial charge on any atom is -0.303 e. The van der Waals surface area contributed by atoms with Gasteiger partial charge in [0, 0.05) is 10.6 Å². The van der Waals surface area contributed by atoms with E-state index >= 15 is 0 Å². The second-order valence-electron chi connectivity index (χ2n) is 3.49. The number of nitrogens with one attached hydrogen (secondary N) is 2. The molecular weight excluding hydrogens is 335 g/mol. The van der Waals surface area contributed by atoms with Crippen LogP contribution in [0.15, 0.2) is 43.2 Å². The monoisotopic (exact) mass is 346 g/mol. The molecule has 0 saturated heterocycles. The third kappa shape index (κ3) is 8.95. The van der Waals surface area contributed by atoms with Crippen molar-refractivity contribution in [3.8, 4) is 11.4 Å². The van der Waals surface area contributed by atoms with Gasteiger partial charge in [-0.1, -0.05) is 11.6 Å². The lowest BCUT2D eigenvalue weighted by Gasteiger charge is -1.93. The van der Waals surface area contributed by atoms with Crippen LogP contribution in [-0.2, 0) is 4.57 Å². The van der Waals surface area contributed by atoms with Crippen LogP contribution in [-0.4, -0.2) is 45.0 Å². The molecule has 0 atom stereocenters. The molecule has 0 bridgehead atoms. The van der Waals surface area contributed by atoms with Crippen molar-refractivity contribution in [2.24, 2.45) is 0 Å². The molecule has 0 amide bonds. The zero-order chi connectivity index (χ0) is 16.4. The van der Waals surface area contributed by atoms with Gasteiger partial charge < -0.3 is 14.7 Å². The van der Waals surface area contributed by atoms with E-state index in [0.29, 0.717) is 10.8 Å². The number of hydrogen-bond acceptors (Lipinski definition) is 5. The van der Waals surface area contributed by atoms with Gasteiger partial charge in [0.25, 0.3) is 0 Å². The molecule has 2 heterocycles. The molecule has 5 N–H and O–H groups in total. The molecule has 3 aromatic rings. The van der Waals surface area contributed by atoms with Crippen molar-refractivity contribution in [2.45, 2.75) is 0 Å². The summed E-state index contributed by atoms with van der Waals surface area (Å²) in [7, 11) is -4.64. The average Bonchev–Trinajstić information content (AvgIpc) is 3.14. The van der Waals surface area contributed by atoms with E-state index in [0.717, 1.165) is 5.56 Å². The van der Waals surface area contributed by atoms with E-state index in [9.17, 15) is 0 Å². The summed E-state index contributed by atoms with van der Waals surface area (Å²) in [6.07, 6.45) is 4.50. The number of nitrogens with zero attached hydrogens (tertiary/aromatic N) is 4. The number of phosphoric acid groups is 1. The molecule has 0 unspecified atom stereocenters. The fourth-order valence-corrected chi connectivity index (χ4v) is 1.24. The highest BCUT2D eigenvalue weighted by molar-refractivity contribution is 7.45. The second-order valence-corrected chi connectivity index (χ2v) is 4.96. The maximum absolute atomic E-state index is 8.88. The van der Waals surface area contributed by atoms with Gasteiger partial charge in [-0.05, 0) is 24.3 Å². The Labute approximate surface area is 129 Å². The van der Waals surface area contributed by atoms with Crippen molar-refractivity contribution < 1.29 is 19.2 Å². The summed E-state index contributed by atoms with van der Waals surface area (Å²) in [5.74, 6) is 0.687. The van der Waals surface area contributed by atoms with Gasteiger partial charge in [-0.2, -0.15) is 10.2 Å². The Hall–Kier alpha value is -2.10. The maximum Gasteiger partial charge on any atom is 0.466 e. The lowest BCUT2D eigenvalue weighted by atomic mass is 10.2. The number of H-pyrrole nitrogens is 2. The highest BCUT2D eigenvalue weighted by atomic mass is 35.5. The third-order valence-corrected chi connectivity index (χ3v) is 2.10. The largest absolute Gasteiger partial charge is 0.466 e. The first-order chi connectivity index (χ1) is 10.4. The van der Waals surface area contributed by atoms with E-state index in [1.54, 1.807) is 6.33 Å². The molecule has 1 aromatic carbocycles. The SMILES string of the molecule is Clc1ccc(-c2nc[nH]n2)cc1.O=P(O)(O)O.c1nc[nH]n1. The first-order valence-corrected chi connectivity index (χ1v) is 7.49. The molecule has 0 saturated carbocycles. The van der Waals surface area contributed by atoms with Gasteiger partial charge in [0.05, 0.1) is 0 Å². The molecule has 3 rings (SSSR count). The van der Waals surface area contributed by atoms with E-state index in [1.807, 2.05) is 24.3 Å². The summed E-state index contributed by atoms with van der Waals surface area (Å²) >= 11 is 5.72. The summed E-state index contributed by atoms with van der Waals surface area (Å²) in [5, 5.41) is 13.3. The van der Waals surface area contributed by atoms with Crippen molar-refractivity contribution in [1.29, 1.82) is 0 Å². The molecule has 22 heavy (non-hydrogen) atoms. The standard InChI is InChI=1S/C8H6ClN3.C2H3N3.H3O4P/c9-7-3-1-6(2-4-7)8-10-5-11-12-8;1-3-2-5-4-1;1-5(2,3)4/h1-5H,(H,10,11,12);1-2H,(H,3,4,5);(H3,1,2,3,4). The molecule has 10 nitrogen and oxygen atoms in total. The van der Waals surface area contributed by atoms with Crippen molar-refractivity contribution in [2.75, 3.05) is 0 Å². The summed E-state index contributed by atoms with van der Waals surface area (Å²) < 4.78 is 8.88. The maximum atomic E-state index is 8.88. The Bertz CT molecular complexity index is 645. The number of aromatic nitrogens is 6. The Morgan fingerprint density at radius 2 is 1.68 bits per heavy atom. The summed E-state index contributed by atoms with van der Waals surface area (Å²) in [4.78, 5) is 29.1. The molecule has 0 aliphatic carbocycles. The number of benzene rings is 1. The van der Waals surface area contributed by atoms with Gasteiger partial charge in [0.2, 0.25) is 0 Å². The molecule has 12 heteroatoms. The zero-order valence-corrected chi connectivity index (χ0v) is 12.6. The number of halogens is 1. The van der Waals surface area contributed by atoms with Crippen LogP contribution in [0.4, 0.5) is 0 Å². The molecular formula is C10H12ClN6O4P. The van der Waals surface area contributed by atoms with Crippen LogP contribution in [0.1, 0.15) is 0 Å². The third-order valence-electron chi connectivity index (χ3n) is 1.85. The predicted molar refractivity (Wildman–Crippen MR) is 77.5 cm³/mol. The van der Waals surface area contributed by atoms with Crippen LogP contribution in [0.3, 0.4) is 0 Å². The van der Waals surface area contributed by atoms with Crippen molar-refractivity contribution in [3.63, 3.8) is 0 Å². The Morgan fingerprint density at radius 3 is 2.05 bits per heavy atom. The molecule has 0 radical (unpaired) electrons. The number of aromatic amines is 2. The van der Waals surface area contributed by atoms with E-state index in [1.165, 1.54) is 12.7 Å². The van der Waals surface area contributed by atoms with Crippen molar-refractivity contribution in [1.82, 2.24) is 30.4 Å². The van der Waals surface area contributed by atoms with Crippen LogP contribution in [0, 0.1) is 0 Å². The quantitative estimate of drug-likeness (QED) is 0.408. The lowest BCUT2D eigenvalue weighted by Crippen LogP contribution is -1.79. The van der Waals surface area contributed by atoms with Crippen molar-refractivity contribution >= 4 is 19.4 Å². The fourth-order valence-electron chi connectivity index (χ4n) is 1.11. The first kappa shape index (κ1) is 18.0. The molecule has 0 aliphatic heterocycles. The zero-order valence-electron chi connectivity index (χ0n) is 10.9. The van der Waals surface area contributed by atoms with E-state index in [4.69, 9.17) is 30.8 Å². The highest BCUT2D eigenvalue weighted by Crippen LogP contribution is 2.25. The lowest BCUT2D eigenvalue weighted by molar-refractivity contribution is 0.275. The summed E-state index contributed by atoms with van der Waals surface area (Å²) in [6, 6.07) is 7.39. The van der Waals surface area contributed by atoms with Crippen LogP contribution in [0.25, 0.3) is 11.4 Å². The molecule has 0 fully saturated rings. The van der Waals surface area contributed by atoms with Gasteiger partial charge in [-0.25, -0.2) is 14.5 Å². The van der Waals surface area contributed by atoms with E-state index < -0.39 is 7.82 Å². The van der Waals surface area contributed by atoms with Crippen LogP contribution in [0.2, 0.25) is 5.02 Å². The van der Waals surface area contributed by atoms with Crippen LogP contribution in [0.5, 0.6) is 0 Å². The van der Waals surface area contributed by atoms with Gasteiger partial charge in [-0.15, -0.1) is 0 Å². The van der Waals surface area contributed by atoms with Crippen molar-refractivity contribution in [3.05, 3.63) is 48.3 Å². The van der Waals surface area contributed by atoms with Crippen LogP contribution >= 0.6 is 19.4 Å². The topological polar surface area (TPSA) is 161 Å². The first-order valence-electron chi connectivity index (χ1n) is 5.55. The van der Waals surface area contributed by atoms with E-state index in [2.05, 4.69) is 30.4 Å². The normalized spacial score (nSPS) is 10.0. The Balaban J connectivity index is 0.000000201. The summed E-state index contributed by atoms with van der Waals surface area (Å²) in [6.45, 7) is 0. The second kappa shape index (κ2) is 9.03. The number of rotatable bonds is 1. The van der Waals surface area contributed by atoms with Gasteiger partial charge in [0.15, 0.2) is 5.82 Å². The smallest absolute Gasteiger partial charge is 0.303 e. The summed E-state index contributed by atoms with van der Waals surface area (Å²) in [5.41, 5.74) is 0.959. The highest BCUT2D eigenvalue weighted by Gasteiger charge is 2.00. The van der Waals surface area contributed by atoms with Crippen LogP contribution < -0.4 is 0 Å². The predicted octanol–water partition coefficient (Wildman–Crippen LogP) is 1.00. The number of hydrogen-bond donors (Lipinski definition) is 5. The minimum atomic E-state index is -4.64. The molecule has 0 aliphatic rings. The average molecular weight is 347 g/mol. The van der Waals surface area contributed by atoms with Gasteiger partial charge in [-0.3, -0.25) is 10.2 Å². The van der Waals surface area contributed by atoms with E-state index in [-0.39, 0.29) is 0 Å². The minimum absolute atomic E-state index is 0.687. The van der Waals surface area contributed by atoms with Gasteiger partial charge >= 0.3 is 7.82 Å². The molecule has 2 aromatic heterocycles. The van der Waals surface area contributed by atoms with Gasteiger partial charge in [0.1, 0.15) is 19.0 Å². The Kier molecular flexibility index (Phi) is 7.37. The molecule has 0 spiro atoms. The fraction of sp³-hybridized carbons (Fsp3) is 0. The molecule has 118 valence electrons. The Morgan fingerprint density at radius 1 is 1.05 bits per heavy atom.